The Morgan fingerprint density at radius 2 is 2.10 bits per heavy atom. The van der Waals surface area contributed by atoms with Crippen LogP contribution in [0.2, 0.25) is 10.0 Å². The molecule has 20 heavy (non-hydrogen) atoms. The zero-order chi connectivity index (χ0) is 14.7. The first kappa shape index (κ1) is 15.1. The average molecular weight is 316 g/mol. The van der Waals surface area contributed by atoms with Gasteiger partial charge in [-0.3, -0.25) is 4.79 Å². The van der Waals surface area contributed by atoms with Crippen molar-refractivity contribution in [2.75, 3.05) is 13.7 Å². The second kappa shape index (κ2) is 6.46. The molecule has 2 rings (SSSR count). The second-order valence-corrected chi connectivity index (χ2v) is 5.51. The van der Waals surface area contributed by atoms with E-state index in [-0.39, 0.29) is 18.3 Å². The SMILES string of the molecule is COC(=O)C1CCCN1C(=O)Cc1ccc(Cl)c(Cl)c1. The Balaban J connectivity index is 2.07. The Hall–Kier alpha value is -1.26. The molecule has 1 fully saturated rings. The third-order valence-corrected chi connectivity index (χ3v) is 4.12. The molecule has 1 aliphatic rings. The second-order valence-electron chi connectivity index (χ2n) is 4.69. The molecule has 1 atom stereocenters. The predicted octanol–water partition coefficient (Wildman–Crippen LogP) is 2.70. The summed E-state index contributed by atoms with van der Waals surface area (Å²) in [6.07, 6.45) is 1.66. The molecule has 0 aromatic heterocycles. The maximum atomic E-state index is 12.3. The van der Waals surface area contributed by atoms with Crippen LogP contribution in [0.3, 0.4) is 0 Å². The number of carbonyl (C=O) groups is 2. The van der Waals surface area contributed by atoms with Gasteiger partial charge in [-0.05, 0) is 30.5 Å². The van der Waals surface area contributed by atoms with Crippen molar-refractivity contribution in [3.63, 3.8) is 0 Å². The highest BCUT2D eigenvalue weighted by Crippen LogP contribution is 2.24. The van der Waals surface area contributed by atoms with Gasteiger partial charge in [-0.15, -0.1) is 0 Å². The molecule has 0 saturated carbocycles. The molecule has 4 nitrogen and oxygen atoms in total. The third-order valence-electron chi connectivity index (χ3n) is 3.39. The third kappa shape index (κ3) is 3.25. The quantitative estimate of drug-likeness (QED) is 0.806. The summed E-state index contributed by atoms with van der Waals surface area (Å²) in [7, 11) is 1.34. The highest BCUT2D eigenvalue weighted by atomic mass is 35.5. The van der Waals surface area contributed by atoms with E-state index in [0.717, 1.165) is 12.0 Å². The fraction of sp³-hybridized carbons (Fsp3) is 0.429. The van der Waals surface area contributed by atoms with Crippen molar-refractivity contribution in [1.29, 1.82) is 0 Å². The van der Waals surface area contributed by atoms with Crippen molar-refractivity contribution in [3.05, 3.63) is 33.8 Å². The van der Waals surface area contributed by atoms with Gasteiger partial charge >= 0.3 is 5.97 Å². The summed E-state index contributed by atoms with van der Waals surface area (Å²) in [6.45, 7) is 0.583. The topological polar surface area (TPSA) is 46.6 Å². The van der Waals surface area contributed by atoms with Crippen LogP contribution in [0, 0.1) is 0 Å². The molecule has 1 aliphatic heterocycles. The fourth-order valence-corrected chi connectivity index (χ4v) is 2.69. The maximum absolute atomic E-state index is 12.3. The van der Waals surface area contributed by atoms with Crippen molar-refractivity contribution >= 4 is 35.1 Å². The van der Waals surface area contributed by atoms with Crippen LogP contribution in [-0.2, 0) is 20.7 Å². The number of rotatable bonds is 3. The molecule has 1 aromatic carbocycles. The van der Waals surface area contributed by atoms with Gasteiger partial charge in [-0.1, -0.05) is 29.3 Å². The zero-order valence-electron chi connectivity index (χ0n) is 11.1. The first-order chi connectivity index (χ1) is 9.52. The van der Waals surface area contributed by atoms with Crippen molar-refractivity contribution in [1.82, 2.24) is 4.90 Å². The minimum Gasteiger partial charge on any atom is -0.467 e. The summed E-state index contributed by atoms with van der Waals surface area (Å²) in [6, 6.07) is 4.63. The Morgan fingerprint density at radius 3 is 2.75 bits per heavy atom. The van der Waals surface area contributed by atoms with Crippen LogP contribution in [-0.4, -0.2) is 36.5 Å². The van der Waals surface area contributed by atoms with Crippen LogP contribution in [0.25, 0.3) is 0 Å². The van der Waals surface area contributed by atoms with E-state index in [0.29, 0.717) is 23.0 Å². The highest BCUT2D eigenvalue weighted by molar-refractivity contribution is 6.42. The van der Waals surface area contributed by atoms with Crippen LogP contribution >= 0.6 is 23.2 Å². The highest BCUT2D eigenvalue weighted by Gasteiger charge is 2.34. The standard InChI is InChI=1S/C14H15Cl2NO3/c1-20-14(19)12-3-2-6-17(12)13(18)8-9-4-5-10(15)11(16)7-9/h4-5,7,12H,2-3,6,8H2,1H3. The van der Waals surface area contributed by atoms with Gasteiger partial charge in [-0.25, -0.2) is 4.79 Å². The van der Waals surface area contributed by atoms with Crippen molar-refractivity contribution in [2.24, 2.45) is 0 Å². The monoisotopic (exact) mass is 315 g/mol. The summed E-state index contributed by atoms with van der Waals surface area (Å²) < 4.78 is 4.73. The number of benzene rings is 1. The van der Waals surface area contributed by atoms with E-state index < -0.39 is 6.04 Å². The van der Waals surface area contributed by atoms with Crippen molar-refractivity contribution in [2.45, 2.75) is 25.3 Å². The number of carbonyl (C=O) groups excluding carboxylic acids is 2. The average Bonchev–Trinajstić information content (AvgIpc) is 2.91. The van der Waals surface area contributed by atoms with Crippen LogP contribution in [0.5, 0.6) is 0 Å². The van der Waals surface area contributed by atoms with Gasteiger partial charge in [0.2, 0.25) is 5.91 Å². The molecule has 1 amide bonds. The number of likely N-dealkylation sites (tertiary alicyclic amines) is 1. The zero-order valence-corrected chi connectivity index (χ0v) is 12.6. The summed E-state index contributed by atoms with van der Waals surface area (Å²) >= 11 is 11.8. The molecule has 0 radical (unpaired) electrons. The number of halogens is 2. The Labute approximate surface area is 127 Å². The Kier molecular flexibility index (Phi) is 4.89. The Bertz CT molecular complexity index is 533. The summed E-state index contributed by atoms with van der Waals surface area (Å²) in [5, 5.41) is 0.874. The van der Waals surface area contributed by atoms with Gasteiger partial charge in [0.15, 0.2) is 0 Å². The molecule has 6 heteroatoms. The number of esters is 1. The van der Waals surface area contributed by atoms with Gasteiger partial charge < -0.3 is 9.64 Å². The van der Waals surface area contributed by atoms with Gasteiger partial charge in [0.05, 0.1) is 23.6 Å². The minimum absolute atomic E-state index is 0.101. The van der Waals surface area contributed by atoms with Gasteiger partial charge in [0.25, 0.3) is 0 Å². The number of methoxy groups -OCH3 is 1. The minimum atomic E-state index is -0.463. The summed E-state index contributed by atoms with van der Waals surface area (Å²) in [4.78, 5) is 25.5. The lowest BCUT2D eigenvalue weighted by molar-refractivity contribution is -0.150. The molecular weight excluding hydrogens is 301 g/mol. The first-order valence-corrected chi connectivity index (χ1v) is 7.09. The van der Waals surface area contributed by atoms with Crippen LogP contribution in [0.1, 0.15) is 18.4 Å². The normalized spacial score (nSPS) is 18.1. The lowest BCUT2D eigenvalue weighted by Gasteiger charge is -2.22. The summed E-state index contributed by atoms with van der Waals surface area (Å²) in [5.74, 6) is -0.457. The first-order valence-electron chi connectivity index (χ1n) is 6.34. The molecular formula is C14H15Cl2NO3. The fourth-order valence-electron chi connectivity index (χ4n) is 2.37. The van der Waals surface area contributed by atoms with E-state index in [1.807, 2.05) is 0 Å². The van der Waals surface area contributed by atoms with Crippen LogP contribution < -0.4 is 0 Å². The van der Waals surface area contributed by atoms with Crippen molar-refractivity contribution in [3.8, 4) is 0 Å². The molecule has 108 valence electrons. The van der Waals surface area contributed by atoms with Crippen LogP contribution in [0.15, 0.2) is 18.2 Å². The molecule has 0 N–H and O–H groups in total. The molecule has 1 aromatic rings. The van der Waals surface area contributed by atoms with E-state index in [1.165, 1.54) is 7.11 Å². The predicted molar refractivity (Wildman–Crippen MR) is 76.9 cm³/mol. The molecule has 0 aliphatic carbocycles. The molecule has 1 heterocycles. The largest absolute Gasteiger partial charge is 0.467 e. The van der Waals surface area contributed by atoms with E-state index in [2.05, 4.69) is 0 Å². The van der Waals surface area contributed by atoms with Gasteiger partial charge in [-0.2, -0.15) is 0 Å². The van der Waals surface area contributed by atoms with Gasteiger partial charge in [0, 0.05) is 6.54 Å². The maximum Gasteiger partial charge on any atom is 0.328 e. The number of hydrogen-bond acceptors (Lipinski definition) is 3. The smallest absolute Gasteiger partial charge is 0.328 e. The van der Waals surface area contributed by atoms with E-state index in [4.69, 9.17) is 27.9 Å². The van der Waals surface area contributed by atoms with Crippen LogP contribution in [0.4, 0.5) is 0 Å². The lowest BCUT2D eigenvalue weighted by atomic mass is 10.1. The number of nitrogens with zero attached hydrogens (tertiary/aromatic N) is 1. The number of ether oxygens (including phenoxy) is 1. The van der Waals surface area contributed by atoms with E-state index >= 15 is 0 Å². The lowest BCUT2D eigenvalue weighted by Crippen LogP contribution is -2.41. The Morgan fingerprint density at radius 1 is 1.35 bits per heavy atom. The van der Waals surface area contributed by atoms with E-state index in [1.54, 1.807) is 23.1 Å². The number of amides is 1. The van der Waals surface area contributed by atoms with E-state index in [9.17, 15) is 9.59 Å². The van der Waals surface area contributed by atoms with Gasteiger partial charge in [0.1, 0.15) is 6.04 Å². The molecule has 1 unspecified atom stereocenters. The molecule has 0 spiro atoms. The molecule has 1 saturated heterocycles. The molecule has 0 bridgehead atoms. The van der Waals surface area contributed by atoms with Crippen molar-refractivity contribution < 1.29 is 14.3 Å². The number of hydrogen-bond donors (Lipinski definition) is 0. The summed E-state index contributed by atoms with van der Waals surface area (Å²) in [5.41, 5.74) is 0.778.